The molecule has 5 nitrogen and oxygen atoms in total. The van der Waals surface area contributed by atoms with Crippen molar-refractivity contribution >= 4 is 17.9 Å². The van der Waals surface area contributed by atoms with Crippen LogP contribution < -0.4 is 5.32 Å². The fraction of sp³-hybridized carbons (Fsp3) is 0.261. The van der Waals surface area contributed by atoms with Crippen LogP contribution in [0, 0.1) is 24.1 Å². The van der Waals surface area contributed by atoms with E-state index in [0.717, 1.165) is 11.1 Å². The number of hydrogen-bond donors (Lipinski definition) is 1. The van der Waals surface area contributed by atoms with Gasteiger partial charge in [0.2, 0.25) is 0 Å². The lowest BCUT2D eigenvalue weighted by molar-refractivity contribution is -0.144. The second-order valence-corrected chi connectivity index (χ2v) is 7.23. The summed E-state index contributed by atoms with van der Waals surface area (Å²) in [6, 6.07) is 13.3. The van der Waals surface area contributed by atoms with Crippen LogP contribution in [0.25, 0.3) is 6.08 Å². The Morgan fingerprint density at radius 2 is 1.90 bits per heavy atom. The van der Waals surface area contributed by atoms with E-state index in [1.54, 1.807) is 37.4 Å². The van der Waals surface area contributed by atoms with Crippen LogP contribution in [0.2, 0.25) is 0 Å². The molecule has 1 fully saturated rings. The molecule has 6 heteroatoms. The summed E-state index contributed by atoms with van der Waals surface area (Å²) in [5.74, 6) is -0.988. The van der Waals surface area contributed by atoms with Crippen molar-refractivity contribution in [3.8, 4) is 6.07 Å². The number of halogens is 1. The molecule has 1 unspecified atom stereocenters. The van der Waals surface area contributed by atoms with E-state index < -0.39 is 5.54 Å². The summed E-state index contributed by atoms with van der Waals surface area (Å²) in [4.78, 5) is 27.6. The van der Waals surface area contributed by atoms with Crippen molar-refractivity contribution in [1.82, 2.24) is 10.2 Å². The Balaban J connectivity index is 1.98. The van der Waals surface area contributed by atoms with E-state index in [4.69, 9.17) is 0 Å². The number of nitriles is 1. The van der Waals surface area contributed by atoms with E-state index in [-0.39, 0.29) is 29.7 Å². The first-order valence-electron chi connectivity index (χ1n) is 9.38. The van der Waals surface area contributed by atoms with Crippen LogP contribution in [0.3, 0.4) is 0 Å². The molecule has 3 rings (SSSR count). The minimum Gasteiger partial charge on any atom is -0.336 e. The number of likely N-dealkylation sites (N-methyl/N-ethyl adjacent to an activating group) is 1. The van der Waals surface area contributed by atoms with Gasteiger partial charge in [0.25, 0.3) is 11.8 Å². The molecule has 1 atom stereocenters. The quantitative estimate of drug-likeness (QED) is 0.813. The normalized spacial score (nSPS) is 20.5. The molecule has 2 aromatic carbocycles. The molecule has 0 radical (unpaired) electrons. The summed E-state index contributed by atoms with van der Waals surface area (Å²) < 4.78 is 13.2. The molecule has 0 bridgehead atoms. The lowest BCUT2D eigenvalue weighted by atomic mass is 9.84. The van der Waals surface area contributed by atoms with Gasteiger partial charge >= 0.3 is 0 Å². The fourth-order valence-corrected chi connectivity index (χ4v) is 3.62. The molecular formula is C23H22FN3O2. The SMILES string of the molecule is CCC1(Cc2ccc(F)cc2)NC(=O)/C(=C\c2c(C)cccc2C#N)N(C)C1=O. The minimum atomic E-state index is -1.11. The zero-order valence-electron chi connectivity index (χ0n) is 16.6. The fourth-order valence-electron chi connectivity index (χ4n) is 3.62. The van der Waals surface area contributed by atoms with Gasteiger partial charge in [-0.1, -0.05) is 31.2 Å². The van der Waals surface area contributed by atoms with Crippen LogP contribution >= 0.6 is 0 Å². The van der Waals surface area contributed by atoms with Crippen LogP contribution in [0.5, 0.6) is 0 Å². The number of aryl methyl sites for hydroxylation is 1. The molecule has 148 valence electrons. The topological polar surface area (TPSA) is 73.2 Å². The van der Waals surface area contributed by atoms with Crippen LogP contribution in [0.15, 0.2) is 48.2 Å². The second-order valence-electron chi connectivity index (χ2n) is 7.23. The van der Waals surface area contributed by atoms with Crippen molar-refractivity contribution in [3.63, 3.8) is 0 Å². The van der Waals surface area contributed by atoms with Crippen molar-refractivity contribution in [1.29, 1.82) is 5.26 Å². The molecule has 1 aliphatic heterocycles. The summed E-state index contributed by atoms with van der Waals surface area (Å²) in [7, 11) is 1.56. The van der Waals surface area contributed by atoms with Crippen LogP contribution in [0.4, 0.5) is 4.39 Å². The summed E-state index contributed by atoms with van der Waals surface area (Å²) in [6.45, 7) is 3.68. The number of carbonyl (C=O) groups excluding carboxylic acids is 2. The molecule has 1 saturated heterocycles. The Kier molecular flexibility index (Phi) is 5.51. The number of hydrogen-bond acceptors (Lipinski definition) is 3. The maximum Gasteiger partial charge on any atom is 0.268 e. The zero-order valence-corrected chi connectivity index (χ0v) is 16.6. The van der Waals surface area contributed by atoms with Crippen molar-refractivity contribution in [2.75, 3.05) is 7.05 Å². The van der Waals surface area contributed by atoms with Crippen molar-refractivity contribution in [2.24, 2.45) is 0 Å². The van der Waals surface area contributed by atoms with E-state index >= 15 is 0 Å². The third-order valence-corrected chi connectivity index (χ3v) is 5.41. The monoisotopic (exact) mass is 391 g/mol. The summed E-state index contributed by atoms with van der Waals surface area (Å²) in [5.41, 5.74) is 1.72. The standard InChI is InChI=1S/C23H22FN3O2/c1-4-23(13-16-8-10-18(24)11-9-16)22(29)27(3)20(21(28)26-23)12-19-15(2)6-5-7-17(19)14-25/h5-12H,4,13H2,1-3H3,(H,26,28)/b20-12+. The van der Waals surface area contributed by atoms with Gasteiger partial charge in [-0.15, -0.1) is 0 Å². The number of carbonyl (C=O) groups is 2. The lowest BCUT2D eigenvalue weighted by Gasteiger charge is -2.41. The molecular weight excluding hydrogens is 369 g/mol. The molecule has 2 aromatic rings. The summed E-state index contributed by atoms with van der Waals surface area (Å²) in [5, 5.41) is 12.2. The smallest absolute Gasteiger partial charge is 0.268 e. The zero-order chi connectivity index (χ0) is 21.2. The largest absolute Gasteiger partial charge is 0.336 e. The molecule has 29 heavy (non-hydrogen) atoms. The minimum absolute atomic E-state index is 0.184. The highest BCUT2D eigenvalue weighted by molar-refractivity contribution is 6.09. The van der Waals surface area contributed by atoms with Crippen molar-refractivity contribution < 1.29 is 14.0 Å². The van der Waals surface area contributed by atoms with Gasteiger partial charge in [0.1, 0.15) is 17.1 Å². The highest BCUT2D eigenvalue weighted by atomic mass is 19.1. The van der Waals surface area contributed by atoms with Gasteiger partial charge in [0.05, 0.1) is 11.6 Å². The first kappa shape index (κ1) is 20.3. The van der Waals surface area contributed by atoms with Crippen LogP contribution in [-0.2, 0) is 16.0 Å². The van der Waals surface area contributed by atoms with E-state index in [0.29, 0.717) is 17.5 Å². The van der Waals surface area contributed by atoms with Gasteiger partial charge in [0, 0.05) is 13.5 Å². The Hall–Kier alpha value is -3.46. The predicted molar refractivity (Wildman–Crippen MR) is 108 cm³/mol. The number of nitrogens with one attached hydrogen (secondary N) is 1. The maximum absolute atomic E-state index is 13.3. The molecule has 1 N–H and O–H groups in total. The van der Waals surface area contributed by atoms with Gasteiger partial charge in [0.15, 0.2) is 0 Å². The van der Waals surface area contributed by atoms with Gasteiger partial charge in [-0.25, -0.2) is 4.39 Å². The van der Waals surface area contributed by atoms with E-state index in [2.05, 4.69) is 11.4 Å². The Morgan fingerprint density at radius 1 is 1.21 bits per heavy atom. The van der Waals surface area contributed by atoms with Gasteiger partial charge < -0.3 is 10.2 Å². The summed E-state index contributed by atoms with van der Waals surface area (Å²) in [6.07, 6.45) is 2.23. The van der Waals surface area contributed by atoms with Gasteiger partial charge in [-0.2, -0.15) is 5.26 Å². The molecule has 0 saturated carbocycles. The van der Waals surface area contributed by atoms with Gasteiger partial charge in [-0.05, 0) is 54.3 Å². The van der Waals surface area contributed by atoms with Crippen LogP contribution in [0.1, 0.15) is 35.6 Å². The van der Waals surface area contributed by atoms with E-state index in [1.807, 2.05) is 19.9 Å². The van der Waals surface area contributed by atoms with E-state index in [1.165, 1.54) is 17.0 Å². The summed E-state index contributed by atoms with van der Waals surface area (Å²) >= 11 is 0. The Labute approximate surface area is 169 Å². The lowest BCUT2D eigenvalue weighted by Crippen LogP contribution is -2.65. The molecule has 1 heterocycles. The average Bonchev–Trinajstić information content (AvgIpc) is 2.71. The number of piperazine rings is 1. The molecule has 2 amide bonds. The number of rotatable bonds is 4. The first-order valence-corrected chi connectivity index (χ1v) is 9.38. The molecule has 0 aliphatic carbocycles. The molecule has 0 aromatic heterocycles. The maximum atomic E-state index is 13.3. The first-order chi connectivity index (χ1) is 13.8. The second kappa shape index (κ2) is 7.88. The number of amides is 2. The highest BCUT2D eigenvalue weighted by Crippen LogP contribution is 2.28. The van der Waals surface area contributed by atoms with E-state index in [9.17, 15) is 19.2 Å². The Morgan fingerprint density at radius 3 is 2.52 bits per heavy atom. The third kappa shape index (κ3) is 3.77. The highest BCUT2D eigenvalue weighted by Gasteiger charge is 2.46. The molecule has 1 aliphatic rings. The van der Waals surface area contributed by atoms with Crippen molar-refractivity contribution in [2.45, 2.75) is 32.2 Å². The Bertz CT molecular complexity index is 1040. The number of benzene rings is 2. The third-order valence-electron chi connectivity index (χ3n) is 5.41. The molecule has 0 spiro atoms. The predicted octanol–water partition coefficient (Wildman–Crippen LogP) is 3.33. The van der Waals surface area contributed by atoms with Crippen molar-refractivity contribution in [3.05, 3.63) is 76.2 Å². The number of nitrogens with zero attached hydrogens (tertiary/aromatic N) is 2. The average molecular weight is 391 g/mol. The van der Waals surface area contributed by atoms with Gasteiger partial charge in [-0.3, -0.25) is 9.59 Å². The van der Waals surface area contributed by atoms with Crippen LogP contribution in [-0.4, -0.2) is 29.3 Å².